The highest BCUT2D eigenvalue weighted by Crippen LogP contribution is 2.26. The number of hydrogen-bond donors (Lipinski definition) is 0. The molecule has 0 atom stereocenters. The highest BCUT2D eigenvalue weighted by Gasteiger charge is 2.06. The van der Waals surface area contributed by atoms with Gasteiger partial charge >= 0.3 is 0 Å². The first-order valence-electron chi connectivity index (χ1n) is 11.2. The lowest BCUT2D eigenvalue weighted by atomic mass is 10.1. The Morgan fingerprint density at radius 3 is 1.97 bits per heavy atom. The molecule has 0 saturated carbocycles. The highest BCUT2D eigenvalue weighted by atomic mass is 35.5. The maximum Gasteiger partial charge on any atom is 0.150 e. The molecule has 4 heteroatoms. The van der Waals surface area contributed by atoms with E-state index in [1.807, 2.05) is 39.8 Å². The van der Waals surface area contributed by atoms with Gasteiger partial charge in [0.25, 0.3) is 0 Å². The Morgan fingerprint density at radius 1 is 0.867 bits per heavy atom. The van der Waals surface area contributed by atoms with Crippen molar-refractivity contribution in [2.24, 2.45) is 0 Å². The molecule has 0 saturated heterocycles. The lowest BCUT2D eigenvalue weighted by Crippen LogP contribution is -2.00. The molecule has 0 spiro atoms. The van der Waals surface area contributed by atoms with Crippen molar-refractivity contribution in [2.45, 2.75) is 80.3 Å². The zero-order valence-corrected chi connectivity index (χ0v) is 20.7. The standard InChI is InChI=1S/C15H13ClO3.C7H16.2C2H6/c1-18-15-8-11(9-17)6-7-12(15)10-19-14-5-3-2-4-13(14)16;1-3-5-7-6-4-2;2*1-2/h2-9H,10H2,1H3;3-7H2,1-2H3;2*1-2H3. The molecule has 0 fully saturated rings. The summed E-state index contributed by atoms with van der Waals surface area (Å²) in [4.78, 5) is 10.7. The first-order chi connectivity index (χ1) is 14.7. The average molecular weight is 437 g/mol. The Balaban J connectivity index is 0. The highest BCUT2D eigenvalue weighted by molar-refractivity contribution is 6.32. The second-order valence-corrected chi connectivity index (χ2v) is 6.38. The van der Waals surface area contributed by atoms with Crippen LogP contribution in [0.1, 0.15) is 89.6 Å². The molecule has 0 aliphatic heterocycles. The predicted octanol–water partition coefficient (Wildman–Crippen LogP) is 8.77. The molecule has 3 nitrogen and oxygen atoms in total. The Morgan fingerprint density at radius 2 is 1.47 bits per heavy atom. The van der Waals surface area contributed by atoms with Gasteiger partial charge in [0.15, 0.2) is 0 Å². The fraction of sp³-hybridized carbons (Fsp3) is 0.500. The molecule has 0 unspecified atom stereocenters. The van der Waals surface area contributed by atoms with Gasteiger partial charge in [-0.2, -0.15) is 0 Å². The lowest BCUT2D eigenvalue weighted by molar-refractivity contribution is 0.112. The van der Waals surface area contributed by atoms with Gasteiger partial charge in [-0.1, -0.05) is 110 Å². The Kier molecular flexibility index (Phi) is 21.8. The SMILES string of the molecule is CC.CC.CCCCCCC.COc1cc(C=O)ccc1COc1ccccc1Cl. The minimum atomic E-state index is 0.325. The number of benzene rings is 2. The van der Waals surface area contributed by atoms with Gasteiger partial charge in [-0.25, -0.2) is 0 Å². The molecule has 2 aromatic carbocycles. The van der Waals surface area contributed by atoms with Gasteiger partial charge in [-0.15, -0.1) is 0 Å². The molecule has 0 radical (unpaired) electrons. The van der Waals surface area contributed by atoms with Crippen LogP contribution in [-0.4, -0.2) is 13.4 Å². The number of unbranched alkanes of at least 4 members (excludes halogenated alkanes) is 4. The van der Waals surface area contributed by atoms with E-state index in [1.54, 1.807) is 37.4 Å². The number of aldehydes is 1. The number of carbonyl (C=O) groups is 1. The number of halogens is 1. The van der Waals surface area contributed by atoms with Crippen molar-refractivity contribution in [3.05, 3.63) is 58.6 Å². The maximum absolute atomic E-state index is 10.7. The molecule has 0 amide bonds. The first-order valence-corrected chi connectivity index (χ1v) is 11.5. The van der Waals surface area contributed by atoms with E-state index in [4.69, 9.17) is 21.1 Å². The molecule has 30 heavy (non-hydrogen) atoms. The van der Waals surface area contributed by atoms with Gasteiger partial charge < -0.3 is 9.47 Å². The van der Waals surface area contributed by atoms with E-state index in [9.17, 15) is 4.79 Å². The minimum Gasteiger partial charge on any atom is -0.496 e. The maximum atomic E-state index is 10.7. The van der Waals surface area contributed by atoms with E-state index >= 15 is 0 Å². The van der Waals surface area contributed by atoms with Crippen molar-refractivity contribution < 1.29 is 14.3 Å². The molecule has 0 aliphatic carbocycles. The number of carbonyl (C=O) groups excluding carboxylic acids is 1. The molecule has 0 aliphatic rings. The molecule has 0 heterocycles. The fourth-order valence-corrected chi connectivity index (χ4v) is 2.54. The van der Waals surface area contributed by atoms with Crippen LogP contribution in [-0.2, 0) is 6.61 Å². The van der Waals surface area contributed by atoms with Crippen LogP contribution in [0.15, 0.2) is 42.5 Å². The topological polar surface area (TPSA) is 35.5 Å². The van der Waals surface area contributed by atoms with E-state index in [2.05, 4.69) is 13.8 Å². The van der Waals surface area contributed by atoms with Gasteiger partial charge in [0.05, 0.1) is 12.1 Å². The van der Waals surface area contributed by atoms with Gasteiger partial charge in [0.2, 0.25) is 0 Å². The Hall–Kier alpha value is -2.00. The van der Waals surface area contributed by atoms with Crippen LogP contribution in [0.25, 0.3) is 0 Å². The van der Waals surface area contributed by atoms with Crippen LogP contribution < -0.4 is 9.47 Å². The van der Waals surface area contributed by atoms with E-state index in [-0.39, 0.29) is 0 Å². The largest absolute Gasteiger partial charge is 0.496 e. The van der Waals surface area contributed by atoms with Crippen molar-refractivity contribution in [3.63, 3.8) is 0 Å². The molecule has 0 N–H and O–H groups in total. The summed E-state index contributed by atoms with van der Waals surface area (Å²) in [5.41, 5.74) is 1.42. The molecular weight excluding hydrogens is 396 g/mol. The van der Waals surface area contributed by atoms with Gasteiger partial charge in [0, 0.05) is 11.1 Å². The fourth-order valence-electron chi connectivity index (χ4n) is 2.35. The van der Waals surface area contributed by atoms with Crippen molar-refractivity contribution >= 4 is 17.9 Å². The van der Waals surface area contributed by atoms with Crippen LogP contribution in [0.2, 0.25) is 5.02 Å². The molecule has 0 aromatic heterocycles. The number of hydrogen-bond acceptors (Lipinski definition) is 3. The monoisotopic (exact) mass is 436 g/mol. The normalized spacial score (nSPS) is 8.93. The Labute approximate surface area is 189 Å². The number of methoxy groups -OCH3 is 1. The molecular formula is C26H41ClO3. The number of para-hydroxylation sites is 1. The summed E-state index contributed by atoms with van der Waals surface area (Å²) >= 11 is 6.01. The summed E-state index contributed by atoms with van der Waals surface area (Å²) in [5, 5.41) is 0.561. The van der Waals surface area contributed by atoms with Gasteiger partial charge in [0.1, 0.15) is 24.4 Å². The zero-order valence-electron chi connectivity index (χ0n) is 20.0. The molecule has 170 valence electrons. The second kappa shape index (κ2) is 21.7. The van der Waals surface area contributed by atoms with Crippen LogP contribution in [0, 0.1) is 0 Å². The minimum absolute atomic E-state index is 0.325. The van der Waals surface area contributed by atoms with E-state index in [0.717, 1.165) is 11.8 Å². The van der Waals surface area contributed by atoms with Crippen molar-refractivity contribution in [2.75, 3.05) is 7.11 Å². The summed E-state index contributed by atoms with van der Waals surface area (Å²) in [5.74, 6) is 1.24. The van der Waals surface area contributed by atoms with Gasteiger partial charge in [-0.3, -0.25) is 4.79 Å². The first kappa shape index (κ1) is 30.2. The quantitative estimate of drug-likeness (QED) is 0.291. The van der Waals surface area contributed by atoms with Crippen LogP contribution >= 0.6 is 11.6 Å². The summed E-state index contributed by atoms with van der Waals surface area (Å²) in [6.07, 6.45) is 7.79. The number of ether oxygens (including phenoxy) is 2. The summed E-state index contributed by atoms with van der Waals surface area (Å²) in [7, 11) is 1.56. The molecule has 0 bridgehead atoms. The average Bonchev–Trinajstić information content (AvgIpc) is 2.82. The van der Waals surface area contributed by atoms with E-state index in [0.29, 0.717) is 28.7 Å². The van der Waals surface area contributed by atoms with E-state index in [1.165, 1.54) is 32.1 Å². The lowest BCUT2D eigenvalue weighted by Gasteiger charge is -2.11. The third-order valence-corrected chi connectivity index (χ3v) is 4.19. The van der Waals surface area contributed by atoms with E-state index < -0.39 is 0 Å². The summed E-state index contributed by atoms with van der Waals surface area (Å²) in [6, 6.07) is 12.5. The number of rotatable bonds is 9. The van der Waals surface area contributed by atoms with Crippen molar-refractivity contribution in [1.29, 1.82) is 0 Å². The van der Waals surface area contributed by atoms with Crippen LogP contribution in [0.4, 0.5) is 0 Å². The third kappa shape index (κ3) is 13.3. The molecule has 2 rings (SSSR count). The smallest absolute Gasteiger partial charge is 0.150 e. The summed E-state index contributed by atoms with van der Waals surface area (Å²) in [6.45, 7) is 12.8. The molecule has 2 aromatic rings. The van der Waals surface area contributed by atoms with Crippen LogP contribution in [0.5, 0.6) is 11.5 Å². The van der Waals surface area contributed by atoms with Crippen LogP contribution in [0.3, 0.4) is 0 Å². The van der Waals surface area contributed by atoms with Crippen molar-refractivity contribution in [3.8, 4) is 11.5 Å². The zero-order chi connectivity index (χ0) is 23.2. The van der Waals surface area contributed by atoms with Gasteiger partial charge in [-0.05, 0) is 18.2 Å². The summed E-state index contributed by atoms with van der Waals surface area (Å²) < 4.78 is 10.9. The predicted molar refractivity (Wildman–Crippen MR) is 131 cm³/mol. The Bertz CT molecular complexity index is 652. The van der Waals surface area contributed by atoms with Crippen molar-refractivity contribution in [1.82, 2.24) is 0 Å². The second-order valence-electron chi connectivity index (χ2n) is 5.97. The third-order valence-electron chi connectivity index (χ3n) is 3.87.